The van der Waals surface area contributed by atoms with Gasteiger partial charge in [0.2, 0.25) is 11.7 Å². The molecule has 1 N–H and O–H groups in total. The summed E-state index contributed by atoms with van der Waals surface area (Å²) in [6, 6.07) is 5.94. The number of aromatic nitrogens is 2. The van der Waals surface area contributed by atoms with Gasteiger partial charge in [-0.15, -0.1) is 0 Å². The summed E-state index contributed by atoms with van der Waals surface area (Å²) in [5.41, 5.74) is 0.580. The molecule has 1 aromatic carbocycles. The van der Waals surface area contributed by atoms with Crippen LogP contribution in [0.3, 0.4) is 0 Å². The minimum atomic E-state index is -2.76. The van der Waals surface area contributed by atoms with Crippen LogP contribution >= 0.6 is 0 Å². The number of amides is 1. The first-order valence-electron chi connectivity index (χ1n) is 11.7. The lowest BCUT2D eigenvalue weighted by molar-refractivity contribution is -0.0384. The maximum atomic E-state index is 14.7. The number of anilines is 2. The van der Waals surface area contributed by atoms with Crippen molar-refractivity contribution in [1.82, 2.24) is 10.1 Å². The third kappa shape index (κ3) is 5.06. The molecule has 11 heteroatoms. The number of nitrogens with one attached hydrogen (secondary N) is 1. The highest BCUT2D eigenvalue weighted by Crippen LogP contribution is 2.44. The van der Waals surface area contributed by atoms with Crippen LogP contribution in [-0.4, -0.2) is 48.3 Å². The summed E-state index contributed by atoms with van der Waals surface area (Å²) in [5, 5.41) is 6.68. The van der Waals surface area contributed by atoms with E-state index in [1.54, 1.807) is 0 Å². The number of carbonyl (C=O) groups is 1. The maximum absolute atomic E-state index is 14.7. The van der Waals surface area contributed by atoms with Crippen LogP contribution in [-0.2, 0) is 4.74 Å². The molecule has 0 bridgehead atoms. The molecule has 36 heavy (non-hydrogen) atoms. The molecule has 1 amide bonds. The Hall–Kier alpha value is -3.47. The molecule has 2 fully saturated rings. The number of nitrogens with zero attached hydrogens (tertiary/aromatic N) is 3. The number of carbonyl (C=O) groups excluding carboxylic acids is 1. The summed E-state index contributed by atoms with van der Waals surface area (Å²) in [4.78, 5) is 19.5. The van der Waals surface area contributed by atoms with E-state index in [2.05, 4.69) is 15.5 Å². The second kappa shape index (κ2) is 9.88. The Labute approximate surface area is 204 Å². The van der Waals surface area contributed by atoms with Crippen molar-refractivity contribution in [2.45, 2.75) is 37.5 Å². The number of pyridine rings is 1. The lowest BCUT2D eigenvalue weighted by Crippen LogP contribution is -2.36. The van der Waals surface area contributed by atoms with Crippen molar-refractivity contribution in [2.24, 2.45) is 0 Å². The van der Waals surface area contributed by atoms with E-state index in [0.717, 1.165) is 18.2 Å². The third-order valence-corrected chi connectivity index (χ3v) is 6.60. The van der Waals surface area contributed by atoms with Crippen LogP contribution in [0.25, 0.3) is 11.1 Å². The molecule has 0 radical (unpaired) electrons. The van der Waals surface area contributed by atoms with Crippen molar-refractivity contribution in [3.05, 3.63) is 59.6 Å². The number of morpholine rings is 1. The van der Waals surface area contributed by atoms with Gasteiger partial charge >= 0.3 is 0 Å². The molecule has 2 aromatic heterocycles. The Balaban J connectivity index is 1.50. The number of alkyl halides is 2. The van der Waals surface area contributed by atoms with E-state index in [-0.39, 0.29) is 48.3 Å². The average molecular weight is 504 g/mol. The number of hydrogen-bond acceptors (Lipinski definition) is 6. The third-order valence-electron chi connectivity index (χ3n) is 6.60. The minimum Gasteiger partial charge on any atom is -0.378 e. The highest BCUT2D eigenvalue weighted by Gasteiger charge is 2.37. The number of ether oxygens (including phenoxy) is 1. The van der Waals surface area contributed by atoms with Crippen LogP contribution in [0.15, 0.2) is 41.1 Å². The van der Waals surface area contributed by atoms with E-state index < -0.39 is 29.4 Å². The highest BCUT2D eigenvalue weighted by molar-refractivity contribution is 6.05. The summed E-state index contributed by atoms with van der Waals surface area (Å²) in [6.07, 6.45) is 1.04. The summed E-state index contributed by atoms with van der Waals surface area (Å²) >= 11 is 0. The van der Waals surface area contributed by atoms with Crippen molar-refractivity contribution < 1.29 is 31.6 Å². The lowest BCUT2D eigenvalue weighted by Gasteiger charge is -2.29. The second-order valence-electron chi connectivity index (χ2n) is 8.98. The Kier molecular flexibility index (Phi) is 6.65. The minimum absolute atomic E-state index is 0.0818. The van der Waals surface area contributed by atoms with Crippen molar-refractivity contribution >= 4 is 17.4 Å². The molecule has 0 atom stereocenters. The Bertz CT molecular complexity index is 1250. The zero-order valence-electron chi connectivity index (χ0n) is 19.3. The number of hydrogen-bond donors (Lipinski definition) is 1. The first-order chi connectivity index (χ1) is 17.3. The fourth-order valence-corrected chi connectivity index (χ4v) is 4.65. The van der Waals surface area contributed by atoms with Crippen LogP contribution in [0.5, 0.6) is 0 Å². The molecular weight excluding hydrogens is 480 g/mol. The molecule has 7 nitrogen and oxygen atoms in total. The smallest absolute Gasteiger partial charge is 0.294 e. The van der Waals surface area contributed by atoms with Crippen molar-refractivity contribution in [2.75, 3.05) is 36.5 Å². The zero-order valence-corrected chi connectivity index (χ0v) is 19.3. The van der Waals surface area contributed by atoms with Gasteiger partial charge in [0.05, 0.1) is 24.6 Å². The number of halogens is 4. The van der Waals surface area contributed by atoms with Gasteiger partial charge in [-0.3, -0.25) is 9.78 Å². The van der Waals surface area contributed by atoms with Crippen LogP contribution in [0.1, 0.15) is 47.8 Å². The Morgan fingerprint density at radius 2 is 1.81 bits per heavy atom. The molecule has 190 valence electrons. The molecule has 3 heterocycles. The predicted molar refractivity (Wildman–Crippen MR) is 123 cm³/mol. The molecule has 1 aliphatic carbocycles. The summed E-state index contributed by atoms with van der Waals surface area (Å²) in [7, 11) is 0. The van der Waals surface area contributed by atoms with Gasteiger partial charge in [-0.25, -0.2) is 17.6 Å². The first kappa shape index (κ1) is 24.2. The molecule has 5 rings (SSSR count). The monoisotopic (exact) mass is 504 g/mol. The predicted octanol–water partition coefficient (Wildman–Crippen LogP) is 5.40. The highest BCUT2D eigenvalue weighted by atomic mass is 19.3. The van der Waals surface area contributed by atoms with Crippen LogP contribution < -0.4 is 10.2 Å². The van der Waals surface area contributed by atoms with Crippen molar-refractivity contribution in [3.8, 4) is 11.1 Å². The SMILES string of the molecule is O=C(Nc1c(-c2cc(F)ccc2F)ccnc1C1CCC(F)(F)CC1)c1cc(N2CCOCC2)no1. The van der Waals surface area contributed by atoms with Crippen molar-refractivity contribution in [3.63, 3.8) is 0 Å². The van der Waals surface area contributed by atoms with Gasteiger partial charge in [0.15, 0.2) is 5.82 Å². The van der Waals surface area contributed by atoms with E-state index in [1.165, 1.54) is 18.3 Å². The first-order valence-corrected chi connectivity index (χ1v) is 11.7. The molecule has 0 unspecified atom stereocenters. The number of benzene rings is 1. The van der Waals surface area contributed by atoms with Crippen LogP contribution in [0.2, 0.25) is 0 Å². The van der Waals surface area contributed by atoms with Gasteiger partial charge in [0.1, 0.15) is 11.6 Å². The zero-order chi connectivity index (χ0) is 25.3. The van der Waals surface area contributed by atoms with Crippen molar-refractivity contribution in [1.29, 1.82) is 0 Å². The molecule has 1 saturated heterocycles. The topological polar surface area (TPSA) is 80.5 Å². The van der Waals surface area contributed by atoms with E-state index in [1.807, 2.05) is 4.90 Å². The van der Waals surface area contributed by atoms with Gasteiger partial charge in [-0.1, -0.05) is 5.16 Å². The molecule has 0 spiro atoms. The van der Waals surface area contributed by atoms with Crippen LogP contribution in [0.4, 0.5) is 29.1 Å². The Morgan fingerprint density at radius 1 is 1.06 bits per heavy atom. The molecule has 3 aromatic rings. The van der Waals surface area contributed by atoms with E-state index in [4.69, 9.17) is 9.26 Å². The summed E-state index contributed by atoms with van der Waals surface area (Å²) in [5.74, 6) is -4.81. The largest absolute Gasteiger partial charge is 0.378 e. The van der Waals surface area contributed by atoms with Gasteiger partial charge < -0.3 is 19.5 Å². The van der Waals surface area contributed by atoms with E-state index in [0.29, 0.717) is 37.8 Å². The molecule has 1 saturated carbocycles. The summed E-state index contributed by atoms with van der Waals surface area (Å²) in [6.45, 7) is 2.23. The fraction of sp³-hybridized carbons (Fsp3) is 0.400. The van der Waals surface area contributed by atoms with Gasteiger partial charge in [-0.05, 0) is 37.1 Å². The lowest BCUT2D eigenvalue weighted by atomic mass is 9.83. The van der Waals surface area contributed by atoms with E-state index >= 15 is 0 Å². The van der Waals surface area contributed by atoms with Gasteiger partial charge in [0, 0.05) is 55.2 Å². The maximum Gasteiger partial charge on any atom is 0.294 e. The second-order valence-corrected chi connectivity index (χ2v) is 8.98. The quantitative estimate of drug-likeness (QED) is 0.469. The molecule has 1 aliphatic heterocycles. The molecular formula is C25H24F4N4O3. The van der Waals surface area contributed by atoms with E-state index in [9.17, 15) is 22.4 Å². The fourth-order valence-electron chi connectivity index (χ4n) is 4.65. The average Bonchev–Trinajstić information content (AvgIpc) is 3.37. The standard InChI is InChI=1S/C25H24F4N4O3/c26-16-1-2-19(27)18(13-16)17-5-8-30-22(15-3-6-25(28,29)7-4-15)23(17)31-24(34)20-14-21(32-36-20)33-9-11-35-12-10-33/h1-2,5,8,13-15H,3-4,6-7,9-12H2,(H,31,34). The summed E-state index contributed by atoms with van der Waals surface area (Å²) < 4.78 is 67.0. The molecule has 2 aliphatic rings. The van der Waals surface area contributed by atoms with Gasteiger partial charge in [0.25, 0.3) is 5.91 Å². The number of rotatable bonds is 5. The van der Waals surface area contributed by atoms with Gasteiger partial charge in [-0.2, -0.15) is 0 Å². The van der Waals surface area contributed by atoms with Crippen LogP contribution in [0, 0.1) is 11.6 Å². The Morgan fingerprint density at radius 3 is 2.56 bits per heavy atom. The normalized spacial score (nSPS) is 18.3.